The van der Waals surface area contributed by atoms with Crippen molar-refractivity contribution in [1.29, 1.82) is 0 Å². The van der Waals surface area contributed by atoms with Gasteiger partial charge < -0.3 is 10.5 Å². The molecular weight excluding hydrogens is 216 g/mol. The predicted octanol–water partition coefficient (Wildman–Crippen LogP) is 3.18. The summed E-state index contributed by atoms with van der Waals surface area (Å²) in [5, 5.41) is 2.67. The molecule has 1 aromatic rings. The predicted molar refractivity (Wildman–Crippen MR) is 70.1 cm³/mol. The van der Waals surface area contributed by atoms with Crippen molar-refractivity contribution in [3.63, 3.8) is 0 Å². The number of rotatable bonds is 2. The van der Waals surface area contributed by atoms with Crippen molar-refractivity contribution in [3.8, 4) is 0 Å². The fourth-order valence-electron chi connectivity index (χ4n) is 1.42. The number of anilines is 2. The lowest BCUT2D eigenvalue weighted by Crippen LogP contribution is -2.27. The van der Waals surface area contributed by atoms with E-state index in [-0.39, 0.29) is 0 Å². The van der Waals surface area contributed by atoms with E-state index in [0.717, 1.165) is 12.0 Å². The SMILES string of the molecule is CCc1cc(N)cc(NC(=O)OC(C)(C)C)c1. The zero-order chi connectivity index (χ0) is 13.1. The molecular formula is C13H20N2O2. The normalized spacial score (nSPS) is 11.1. The van der Waals surface area contributed by atoms with Crippen LogP contribution in [-0.4, -0.2) is 11.7 Å². The second kappa shape index (κ2) is 5.08. The van der Waals surface area contributed by atoms with Crippen molar-refractivity contribution in [3.05, 3.63) is 23.8 Å². The van der Waals surface area contributed by atoms with Crippen LogP contribution >= 0.6 is 0 Å². The Morgan fingerprint density at radius 1 is 1.35 bits per heavy atom. The van der Waals surface area contributed by atoms with E-state index < -0.39 is 11.7 Å². The van der Waals surface area contributed by atoms with Crippen LogP contribution in [0.25, 0.3) is 0 Å². The fourth-order valence-corrected chi connectivity index (χ4v) is 1.42. The first-order valence-electron chi connectivity index (χ1n) is 5.69. The molecule has 0 fully saturated rings. The van der Waals surface area contributed by atoms with E-state index in [4.69, 9.17) is 10.5 Å². The average molecular weight is 236 g/mol. The van der Waals surface area contributed by atoms with E-state index in [1.807, 2.05) is 39.8 Å². The molecule has 0 atom stereocenters. The molecule has 0 saturated heterocycles. The van der Waals surface area contributed by atoms with Gasteiger partial charge in [-0.15, -0.1) is 0 Å². The van der Waals surface area contributed by atoms with Gasteiger partial charge in [-0.1, -0.05) is 6.92 Å². The minimum absolute atomic E-state index is 0.467. The number of amides is 1. The molecule has 4 heteroatoms. The van der Waals surface area contributed by atoms with E-state index in [0.29, 0.717) is 11.4 Å². The molecule has 1 aromatic carbocycles. The van der Waals surface area contributed by atoms with Crippen LogP contribution in [0.5, 0.6) is 0 Å². The smallest absolute Gasteiger partial charge is 0.412 e. The highest BCUT2D eigenvalue weighted by molar-refractivity contribution is 5.85. The number of benzene rings is 1. The molecule has 1 rings (SSSR count). The second-order valence-corrected chi connectivity index (χ2v) is 4.94. The maximum absolute atomic E-state index is 11.6. The van der Waals surface area contributed by atoms with Gasteiger partial charge in [-0.25, -0.2) is 4.79 Å². The molecule has 1 amide bonds. The van der Waals surface area contributed by atoms with E-state index in [1.165, 1.54) is 0 Å². The number of nitrogens with two attached hydrogens (primary N) is 1. The standard InChI is InChI=1S/C13H20N2O2/c1-5-9-6-10(14)8-11(7-9)15-12(16)17-13(2,3)4/h6-8H,5,14H2,1-4H3,(H,15,16). The van der Waals surface area contributed by atoms with Gasteiger partial charge in [0.15, 0.2) is 0 Å². The van der Waals surface area contributed by atoms with Crippen LogP contribution in [0.15, 0.2) is 18.2 Å². The highest BCUT2D eigenvalue weighted by Crippen LogP contribution is 2.18. The van der Waals surface area contributed by atoms with Crippen LogP contribution < -0.4 is 11.1 Å². The summed E-state index contributed by atoms with van der Waals surface area (Å²) < 4.78 is 5.16. The van der Waals surface area contributed by atoms with Crippen LogP contribution in [0.3, 0.4) is 0 Å². The van der Waals surface area contributed by atoms with Gasteiger partial charge in [-0.2, -0.15) is 0 Å². The Morgan fingerprint density at radius 3 is 2.53 bits per heavy atom. The third-order valence-corrected chi connectivity index (χ3v) is 2.07. The monoisotopic (exact) mass is 236 g/mol. The minimum atomic E-state index is -0.502. The van der Waals surface area contributed by atoms with Gasteiger partial charge in [-0.05, 0) is 51.0 Å². The molecule has 3 N–H and O–H groups in total. The summed E-state index contributed by atoms with van der Waals surface area (Å²) in [4.78, 5) is 11.6. The average Bonchev–Trinajstić information content (AvgIpc) is 2.13. The Bertz CT molecular complexity index is 408. The second-order valence-electron chi connectivity index (χ2n) is 4.94. The molecule has 0 bridgehead atoms. The van der Waals surface area contributed by atoms with Gasteiger partial charge in [0, 0.05) is 11.4 Å². The van der Waals surface area contributed by atoms with E-state index in [9.17, 15) is 4.79 Å². The first kappa shape index (κ1) is 13.4. The fraction of sp³-hybridized carbons (Fsp3) is 0.462. The van der Waals surface area contributed by atoms with Crippen LogP contribution in [-0.2, 0) is 11.2 Å². The maximum atomic E-state index is 11.6. The number of aryl methyl sites for hydroxylation is 1. The van der Waals surface area contributed by atoms with Crippen molar-refractivity contribution in [2.24, 2.45) is 0 Å². The van der Waals surface area contributed by atoms with E-state index >= 15 is 0 Å². The number of carbonyl (C=O) groups is 1. The highest BCUT2D eigenvalue weighted by Gasteiger charge is 2.16. The topological polar surface area (TPSA) is 64.3 Å². The number of hydrogen-bond acceptors (Lipinski definition) is 3. The summed E-state index contributed by atoms with van der Waals surface area (Å²) in [5.41, 5.74) is 7.62. The summed E-state index contributed by atoms with van der Waals surface area (Å²) in [5.74, 6) is 0. The minimum Gasteiger partial charge on any atom is -0.444 e. The zero-order valence-electron chi connectivity index (χ0n) is 10.8. The van der Waals surface area contributed by atoms with Crippen molar-refractivity contribution >= 4 is 17.5 Å². The van der Waals surface area contributed by atoms with Gasteiger partial charge in [-0.3, -0.25) is 5.32 Å². The maximum Gasteiger partial charge on any atom is 0.412 e. The Hall–Kier alpha value is -1.71. The number of hydrogen-bond donors (Lipinski definition) is 2. The molecule has 0 aromatic heterocycles. The third-order valence-electron chi connectivity index (χ3n) is 2.07. The van der Waals surface area contributed by atoms with E-state index in [2.05, 4.69) is 5.32 Å². The van der Waals surface area contributed by atoms with Crippen molar-refractivity contribution < 1.29 is 9.53 Å². The summed E-state index contributed by atoms with van der Waals surface area (Å²) >= 11 is 0. The highest BCUT2D eigenvalue weighted by atomic mass is 16.6. The van der Waals surface area contributed by atoms with Crippen molar-refractivity contribution in [2.75, 3.05) is 11.1 Å². The van der Waals surface area contributed by atoms with Crippen molar-refractivity contribution in [1.82, 2.24) is 0 Å². The summed E-state index contributed by atoms with van der Waals surface area (Å²) in [6, 6.07) is 5.49. The zero-order valence-corrected chi connectivity index (χ0v) is 10.8. The Morgan fingerprint density at radius 2 is 2.00 bits per heavy atom. The Kier molecular flexibility index (Phi) is 3.99. The molecule has 0 aliphatic carbocycles. The van der Waals surface area contributed by atoms with Crippen molar-refractivity contribution in [2.45, 2.75) is 39.7 Å². The molecule has 17 heavy (non-hydrogen) atoms. The third kappa shape index (κ3) is 4.76. The summed E-state index contributed by atoms with van der Waals surface area (Å²) in [6.45, 7) is 7.50. The number of nitrogens with one attached hydrogen (secondary N) is 1. The largest absolute Gasteiger partial charge is 0.444 e. The quantitative estimate of drug-likeness (QED) is 0.775. The van der Waals surface area contributed by atoms with Crippen LogP contribution in [0.2, 0.25) is 0 Å². The molecule has 94 valence electrons. The molecule has 0 heterocycles. The van der Waals surface area contributed by atoms with Crippen LogP contribution in [0.1, 0.15) is 33.3 Å². The van der Waals surface area contributed by atoms with Crippen LogP contribution in [0, 0.1) is 0 Å². The van der Waals surface area contributed by atoms with Gasteiger partial charge in [0.25, 0.3) is 0 Å². The lowest BCUT2D eigenvalue weighted by atomic mass is 10.1. The van der Waals surface area contributed by atoms with Gasteiger partial charge in [0.05, 0.1) is 0 Å². The molecule has 0 aliphatic rings. The van der Waals surface area contributed by atoms with E-state index in [1.54, 1.807) is 6.07 Å². The van der Waals surface area contributed by atoms with Gasteiger partial charge >= 0.3 is 6.09 Å². The lowest BCUT2D eigenvalue weighted by molar-refractivity contribution is 0.0636. The molecule has 0 spiro atoms. The van der Waals surface area contributed by atoms with Crippen LogP contribution in [0.4, 0.5) is 16.2 Å². The molecule has 4 nitrogen and oxygen atoms in total. The molecule has 0 saturated carbocycles. The molecule has 0 unspecified atom stereocenters. The Balaban J connectivity index is 2.74. The number of ether oxygens (including phenoxy) is 1. The molecule has 0 aliphatic heterocycles. The lowest BCUT2D eigenvalue weighted by Gasteiger charge is -2.19. The first-order chi connectivity index (χ1) is 7.80. The van der Waals surface area contributed by atoms with Gasteiger partial charge in [0.1, 0.15) is 5.60 Å². The summed E-state index contributed by atoms with van der Waals surface area (Å²) in [7, 11) is 0. The number of carbonyl (C=O) groups excluding carboxylic acids is 1. The number of nitrogen functional groups attached to an aromatic ring is 1. The first-order valence-corrected chi connectivity index (χ1v) is 5.69. The summed E-state index contributed by atoms with van der Waals surface area (Å²) in [6.07, 6.45) is 0.402. The molecule has 0 radical (unpaired) electrons. The Labute approximate surface area is 102 Å². The van der Waals surface area contributed by atoms with Gasteiger partial charge in [0.2, 0.25) is 0 Å².